The number of amides is 1. The Balaban J connectivity index is 1.71. The van der Waals surface area contributed by atoms with Gasteiger partial charge in [0.1, 0.15) is 11.6 Å². The fourth-order valence-corrected chi connectivity index (χ4v) is 5.50. The van der Waals surface area contributed by atoms with Gasteiger partial charge in [-0.3, -0.25) is 4.90 Å². The normalized spacial score (nSPS) is 19.2. The van der Waals surface area contributed by atoms with Crippen molar-refractivity contribution in [1.29, 1.82) is 10.8 Å². The number of hydrogen-bond donors (Lipinski definition) is 2. The van der Waals surface area contributed by atoms with Crippen LogP contribution in [0.4, 0.5) is 35.5 Å². The van der Waals surface area contributed by atoms with Gasteiger partial charge in [0.2, 0.25) is 0 Å². The highest BCUT2D eigenvalue weighted by molar-refractivity contribution is 6.04. The lowest BCUT2D eigenvalue weighted by Crippen LogP contribution is -2.55. The SMILES string of the molecule is COc1cc(F)c(C(C)C)cc1C(C=N)C(=N)CN1C(=O)OC(c2cc(C(F)(F)F)cc(C(F)(F)F)c2)C12CCC2. The molecule has 41 heavy (non-hydrogen) atoms. The van der Waals surface area contributed by atoms with Gasteiger partial charge in [0.25, 0.3) is 0 Å². The summed E-state index contributed by atoms with van der Waals surface area (Å²) >= 11 is 0. The van der Waals surface area contributed by atoms with E-state index in [1.165, 1.54) is 13.2 Å². The molecule has 1 saturated carbocycles. The van der Waals surface area contributed by atoms with Gasteiger partial charge in [-0.2, -0.15) is 26.3 Å². The zero-order valence-corrected chi connectivity index (χ0v) is 22.3. The summed E-state index contributed by atoms with van der Waals surface area (Å²) in [6.45, 7) is 3.11. The zero-order chi connectivity index (χ0) is 30.5. The summed E-state index contributed by atoms with van der Waals surface area (Å²) in [6, 6.07) is 3.75. The first-order chi connectivity index (χ1) is 19.0. The molecule has 2 N–H and O–H groups in total. The molecule has 2 aromatic rings. The van der Waals surface area contributed by atoms with E-state index in [0.29, 0.717) is 29.7 Å². The topological polar surface area (TPSA) is 86.5 Å². The Bertz CT molecular complexity index is 1330. The molecule has 2 unspecified atom stereocenters. The lowest BCUT2D eigenvalue weighted by molar-refractivity contribution is -0.143. The number of carbonyl (C=O) groups is 1. The first kappa shape index (κ1) is 30.3. The minimum Gasteiger partial charge on any atom is -0.496 e. The Labute approximate surface area is 231 Å². The first-order valence-corrected chi connectivity index (χ1v) is 12.8. The summed E-state index contributed by atoms with van der Waals surface area (Å²) < 4.78 is 106. The summed E-state index contributed by atoms with van der Waals surface area (Å²) in [4.78, 5) is 14.2. The minimum absolute atomic E-state index is 0.0113. The number of rotatable bonds is 8. The van der Waals surface area contributed by atoms with Gasteiger partial charge in [-0.1, -0.05) is 13.8 Å². The minimum atomic E-state index is -5.08. The highest BCUT2D eigenvalue weighted by Gasteiger charge is 2.59. The average molecular weight is 588 g/mol. The van der Waals surface area contributed by atoms with E-state index in [9.17, 15) is 35.5 Å². The molecule has 13 heteroatoms. The smallest absolute Gasteiger partial charge is 0.416 e. The van der Waals surface area contributed by atoms with E-state index >= 15 is 0 Å². The molecule has 6 nitrogen and oxygen atoms in total. The van der Waals surface area contributed by atoms with Crippen molar-refractivity contribution in [2.24, 2.45) is 0 Å². The van der Waals surface area contributed by atoms with Crippen molar-refractivity contribution >= 4 is 18.0 Å². The number of methoxy groups -OCH3 is 1. The van der Waals surface area contributed by atoms with Crippen molar-refractivity contribution in [2.45, 2.75) is 68.9 Å². The summed E-state index contributed by atoms with van der Waals surface area (Å²) in [5.41, 5.74) is -4.33. The molecule has 0 radical (unpaired) electrons. The Morgan fingerprint density at radius 3 is 2.10 bits per heavy atom. The quantitative estimate of drug-likeness (QED) is 0.244. The van der Waals surface area contributed by atoms with Gasteiger partial charge in [0.05, 0.1) is 36.2 Å². The molecule has 1 spiro atoms. The van der Waals surface area contributed by atoms with Gasteiger partial charge < -0.3 is 20.3 Å². The predicted octanol–water partition coefficient (Wildman–Crippen LogP) is 7.86. The standard InChI is InChI=1S/C28H28F7N3O3/c1-14(2)18-10-19(23(40-3)11-21(18)29)20(12-36)22(37)13-38-25(39)41-24(26(38)5-4-6-26)15-7-16(27(30,31)32)9-17(8-15)28(33,34)35/h7-12,14,20,24,36-37H,4-6,13H2,1-3H3. The molecule has 2 atom stereocenters. The Morgan fingerprint density at radius 2 is 1.66 bits per heavy atom. The van der Waals surface area contributed by atoms with Crippen LogP contribution in [-0.2, 0) is 17.1 Å². The highest BCUT2D eigenvalue weighted by atomic mass is 19.4. The van der Waals surface area contributed by atoms with E-state index in [4.69, 9.17) is 20.3 Å². The molecule has 0 aromatic heterocycles. The van der Waals surface area contributed by atoms with Gasteiger partial charge in [0, 0.05) is 23.6 Å². The number of cyclic esters (lactones) is 1. The van der Waals surface area contributed by atoms with E-state index in [-0.39, 0.29) is 36.3 Å². The first-order valence-electron chi connectivity index (χ1n) is 12.8. The van der Waals surface area contributed by atoms with Crippen LogP contribution < -0.4 is 4.74 Å². The molecule has 4 rings (SSSR count). The molecule has 1 amide bonds. The molecular formula is C28H28F7N3O3. The monoisotopic (exact) mass is 587 g/mol. The lowest BCUT2D eigenvalue weighted by Gasteiger charge is -2.46. The third-order valence-electron chi connectivity index (χ3n) is 7.77. The van der Waals surface area contributed by atoms with Crippen LogP contribution in [0.15, 0.2) is 30.3 Å². The van der Waals surface area contributed by atoms with Crippen LogP contribution in [0.5, 0.6) is 5.75 Å². The van der Waals surface area contributed by atoms with Crippen molar-refractivity contribution in [3.8, 4) is 5.75 Å². The molecule has 0 bridgehead atoms. The molecule has 2 aromatic carbocycles. The zero-order valence-electron chi connectivity index (χ0n) is 22.3. The predicted molar refractivity (Wildman–Crippen MR) is 135 cm³/mol. The molecule has 222 valence electrons. The summed E-state index contributed by atoms with van der Waals surface area (Å²) in [6.07, 6.45) is -10.7. The maximum atomic E-state index is 14.6. The van der Waals surface area contributed by atoms with E-state index in [0.717, 1.165) is 17.2 Å². The van der Waals surface area contributed by atoms with Gasteiger partial charge >= 0.3 is 18.4 Å². The molecule has 1 saturated heterocycles. The van der Waals surface area contributed by atoms with Crippen LogP contribution in [0.25, 0.3) is 0 Å². The summed E-state index contributed by atoms with van der Waals surface area (Å²) in [5.74, 6) is -1.75. The fraction of sp³-hybridized carbons (Fsp3) is 0.464. The van der Waals surface area contributed by atoms with Crippen LogP contribution in [-0.4, -0.2) is 42.1 Å². The van der Waals surface area contributed by atoms with E-state index in [1.807, 2.05) is 0 Å². The fourth-order valence-electron chi connectivity index (χ4n) is 5.50. The lowest BCUT2D eigenvalue weighted by atomic mass is 9.69. The number of benzene rings is 2. The number of nitrogens with zero attached hydrogens (tertiary/aromatic N) is 1. The Morgan fingerprint density at radius 1 is 1.07 bits per heavy atom. The third kappa shape index (κ3) is 5.50. The van der Waals surface area contributed by atoms with Gasteiger partial charge in [-0.25, -0.2) is 9.18 Å². The Hall–Kier alpha value is -3.64. The van der Waals surface area contributed by atoms with Crippen molar-refractivity contribution < 1.29 is 45.0 Å². The van der Waals surface area contributed by atoms with Crippen molar-refractivity contribution in [2.75, 3.05) is 13.7 Å². The molecule has 1 aliphatic carbocycles. The maximum absolute atomic E-state index is 14.6. The number of alkyl halides is 6. The number of ether oxygens (including phenoxy) is 2. The van der Waals surface area contributed by atoms with Gasteiger partial charge in [-0.15, -0.1) is 0 Å². The third-order valence-corrected chi connectivity index (χ3v) is 7.77. The molecule has 2 aliphatic rings. The Kier molecular flexibility index (Phi) is 7.87. The number of nitrogens with one attached hydrogen (secondary N) is 2. The van der Waals surface area contributed by atoms with E-state index < -0.39 is 65.1 Å². The van der Waals surface area contributed by atoms with E-state index in [2.05, 4.69) is 0 Å². The highest BCUT2D eigenvalue weighted by Crippen LogP contribution is 2.54. The molecule has 1 heterocycles. The van der Waals surface area contributed by atoms with Crippen LogP contribution in [0.1, 0.15) is 78.9 Å². The van der Waals surface area contributed by atoms with E-state index in [1.54, 1.807) is 13.8 Å². The van der Waals surface area contributed by atoms with Gasteiger partial charge in [0.15, 0.2) is 6.10 Å². The number of hydrogen-bond acceptors (Lipinski definition) is 5. The van der Waals surface area contributed by atoms with Crippen LogP contribution in [0.3, 0.4) is 0 Å². The van der Waals surface area contributed by atoms with Crippen LogP contribution >= 0.6 is 0 Å². The maximum Gasteiger partial charge on any atom is 0.416 e. The second kappa shape index (κ2) is 10.6. The summed E-state index contributed by atoms with van der Waals surface area (Å²) in [5, 5.41) is 16.8. The van der Waals surface area contributed by atoms with Crippen molar-refractivity contribution in [3.05, 3.63) is 64.0 Å². The van der Waals surface area contributed by atoms with Crippen molar-refractivity contribution in [1.82, 2.24) is 4.90 Å². The van der Waals surface area contributed by atoms with Crippen LogP contribution in [0, 0.1) is 16.6 Å². The number of carbonyl (C=O) groups excluding carboxylic acids is 1. The molecule has 1 aliphatic heterocycles. The molecular weight excluding hydrogens is 559 g/mol. The van der Waals surface area contributed by atoms with Crippen LogP contribution in [0.2, 0.25) is 0 Å². The number of halogens is 7. The average Bonchev–Trinajstić information content (AvgIpc) is 3.15. The molecule has 2 fully saturated rings. The largest absolute Gasteiger partial charge is 0.496 e. The second-order valence-electron chi connectivity index (χ2n) is 10.6. The summed E-state index contributed by atoms with van der Waals surface area (Å²) in [7, 11) is 1.30. The van der Waals surface area contributed by atoms with Crippen molar-refractivity contribution in [3.63, 3.8) is 0 Å². The van der Waals surface area contributed by atoms with Gasteiger partial charge in [-0.05, 0) is 60.6 Å². The second-order valence-corrected chi connectivity index (χ2v) is 10.6.